The lowest BCUT2D eigenvalue weighted by Crippen LogP contribution is -2.07. The van der Waals surface area contributed by atoms with Gasteiger partial charge in [0.25, 0.3) is 0 Å². The highest BCUT2D eigenvalue weighted by Gasteiger charge is 2.03. The summed E-state index contributed by atoms with van der Waals surface area (Å²) in [5.74, 6) is 0. The minimum atomic E-state index is 0.983. The van der Waals surface area contributed by atoms with E-state index in [1.54, 1.807) is 0 Å². The van der Waals surface area contributed by atoms with Crippen LogP contribution in [0.25, 0.3) is 6.08 Å². The number of fused-ring (bicyclic) bond motifs is 1. The highest BCUT2D eigenvalue weighted by Crippen LogP contribution is 2.22. The fourth-order valence-corrected chi connectivity index (χ4v) is 1.33. The van der Waals surface area contributed by atoms with Gasteiger partial charge in [-0.05, 0) is 18.6 Å². The van der Waals surface area contributed by atoms with Gasteiger partial charge in [0.15, 0.2) is 0 Å². The van der Waals surface area contributed by atoms with Gasteiger partial charge in [-0.3, -0.25) is 0 Å². The van der Waals surface area contributed by atoms with Gasteiger partial charge in [0.2, 0.25) is 0 Å². The largest absolute Gasteiger partial charge is 0.381 e. The molecule has 0 fully saturated rings. The molecule has 1 heterocycles. The maximum absolute atomic E-state index is 3.34. The first kappa shape index (κ1) is 6.47. The van der Waals surface area contributed by atoms with Gasteiger partial charge in [-0.25, -0.2) is 0 Å². The van der Waals surface area contributed by atoms with Gasteiger partial charge in [0, 0.05) is 12.2 Å². The molecule has 1 aliphatic rings. The molecule has 1 aliphatic heterocycles. The van der Waals surface area contributed by atoms with E-state index in [0.29, 0.717) is 0 Å². The predicted molar refractivity (Wildman–Crippen MR) is 48.6 cm³/mol. The van der Waals surface area contributed by atoms with E-state index in [9.17, 15) is 0 Å². The normalized spacial score (nSPS) is 14.8. The van der Waals surface area contributed by atoms with Crippen LogP contribution in [-0.2, 0) is 0 Å². The van der Waals surface area contributed by atoms with E-state index < -0.39 is 0 Å². The number of anilines is 1. The minimum Gasteiger partial charge on any atom is -0.381 e. The Morgan fingerprint density at radius 1 is 1.27 bits per heavy atom. The van der Waals surface area contributed by atoms with Crippen molar-refractivity contribution in [3.63, 3.8) is 0 Å². The van der Waals surface area contributed by atoms with Crippen LogP contribution in [0.15, 0.2) is 29.8 Å². The fraction of sp³-hybridized carbons (Fsp3) is 0.200. The molecular weight excluding hydrogens is 134 g/mol. The average molecular weight is 145 g/mol. The highest BCUT2D eigenvalue weighted by atomic mass is 14.9. The summed E-state index contributed by atoms with van der Waals surface area (Å²) in [5, 5.41) is 3.34. The number of benzene rings is 1. The number of hydrogen-bond acceptors (Lipinski definition) is 1. The molecule has 1 aromatic rings. The number of nitrogens with one attached hydrogen (secondary N) is 1. The summed E-state index contributed by atoms with van der Waals surface area (Å²) >= 11 is 0. The van der Waals surface area contributed by atoms with Crippen molar-refractivity contribution in [3.8, 4) is 0 Å². The van der Waals surface area contributed by atoms with Crippen molar-refractivity contribution < 1.29 is 0 Å². The molecule has 1 aromatic carbocycles. The fourth-order valence-electron chi connectivity index (χ4n) is 1.33. The third kappa shape index (κ3) is 1.14. The van der Waals surface area contributed by atoms with Crippen molar-refractivity contribution in [2.75, 3.05) is 11.9 Å². The lowest BCUT2D eigenvalue weighted by molar-refractivity contribution is 1.19. The quantitative estimate of drug-likeness (QED) is 0.591. The molecule has 0 atom stereocenters. The monoisotopic (exact) mass is 145 g/mol. The van der Waals surface area contributed by atoms with Crippen LogP contribution in [0.1, 0.15) is 12.5 Å². The molecule has 0 bridgehead atoms. The molecule has 1 N–H and O–H groups in total. The Morgan fingerprint density at radius 3 is 3.00 bits per heavy atom. The van der Waals surface area contributed by atoms with E-state index in [1.807, 2.05) is 0 Å². The van der Waals surface area contributed by atoms with Gasteiger partial charge in [0.1, 0.15) is 0 Å². The first-order chi connectivity index (χ1) is 5.36. The summed E-state index contributed by atoms with van der Waals surface area (Å²) in [7, 11) is 0. The van der Waals surface area contributed by atoms with E-state index in [0.717, 1.165) is 6.54 Å². The van der Waals surface area contributed by atoms with Gasteiger partial charge in [-0.1, -0.05) is 29.8 Å². The molecule has 0 unspecified atom stereocenters. The lowest BCUT2D eigenvalue weighted by Gasteiger charge is -2.15. The second kappa shape index (κ2) is 2.42. The van der Waals surface area contributed by atoms with Gasteiger partial charge >= 0.3 is 0 Å². The molecule has 0 saturated heterocycles. The first-order valence-corrected chi connectivity index (χ1v) is 3.86. The van der Waals surface area contributed by atoms with Crippen molar-refractivity contribution in [1.82, 2.24) is 0 Å². The Labute approximate surface area is 66.7 Å². The Bertz CT molecular complexity index is 299. The van der Waals surface area contributed by atoms with Crippen molar-refractivity contribution in [1.29, 1.82) is 0 Å². The van der Waals surface area contributed by atoms with Crippen LogP contribution in [0.3, 0.4) is 0 Å². The zero-order valence-corrected chi connectivity index (χ0v) is 6.59. The Morgan fingerprint density at radius 2 is 2.09 bits per heavy atom. The molecule has 0 amide bonds. The summed E-state index contributed by atoms with van der Waals surface area (Å²) in [5.41, 5.74) is 3.94. The maximum Gasteiger partial charge on any atom is 0.0416 e. The van der Waals surface area contributed by atoms with Crippen molar-refractivity contribution in [3.05, 3.63) is 35.4 Å². The van der Waals surface area contributed by atoms with E-state index in [4.69, 9.17) is 0 Å². The standard InChI is InChI=1S/C10H11N/c1-8-6-9-4-2-3-5-10(9)11-7-8/h2-6,11H,7H2,1H3. The molecule has 56 valence electrons. The van der Waals surface area contributed by atoms with E-state index >= 15 is 0 Å². The molecule has 2 rings (SSSR count). The molecule has 1 nitrogen and oxygen atoms in total. The predicted octanol–water partition coefficient (Wildman–Crippen LogP) is 2.52. The lowest BCUT2D eigenvalue weighted by atomic mass is 10.1. The smallest absolute Gasteiger partial charge is 0.0416 e. The summed E-state index contributed by atoms with van der Waals surface area (Å²) < 4.78 is 0. The van der Waals surface area contributed by atoms with Crippen LogP contribution in [-0.4, -0.2) is 6.54 Å². The van der Waals surface area contributed by atoms with Gasteiger partial charge in [0.05, 0.1) is 0 Å². The van der Waals surface area contributed by atoms with Crippen LogP contribution in [0.4, 0.5) is 5.69 Å². The van der Waals surface area contributed by atoms with Crippen molar-refractivity contribution in [2.45, 2.75) is 6.92 Å². The topological polar surface area (TPSA) is 12.0 Å². The second-order valence-corrected chi connectivity index (χ2v) is 2.93. The van der Waals surface area contributed by atoms with Gasteiger partial charge < -0.3 is 5.32 Å². The Hall–Kier alpha value is -1.24. The molecule has 0 saturated carbocycles. The molecule has 0 radical (unpaired) electrons. The van der Waals surface area contributed by atoms with Crippen LogP contribution in [0, 0.1) is 0 Å². The van der Waals surface area contributed by atoms with E-state index in [2.05, 4.69) is 42.6 Å². The number of rotatable bonds is 0. The minimum absolute atomic E-state index is 0.983. The second-order valence-electron chi connectivity index (χ2n) is 2.93. The van der Waals surface area contributed by atoms with Crippen molar-refractivity contribution >= 4 is 11.8 Å². The summed E-state index contributed by atoms with van der Waals surface area (Å²) in [4.78, 5) is 0. The number of para-hydroxylation sites is 1. The van der Waals surface area contributed by atoms with Crippen LogP contribution >= 0.6 is 0 Å². The van der Waals surface area contributed by atoms with Crippen LogP contribution in [0.2, 0.25) is 0 Å². The molecule has 11 heavy (non-hydrogen) atoms. The zero-order chi connectivity index (χ0) is 7.68. The summed E-state index contributed by atoms with van der Waals surface area (Å²) in [6, 6.07) is 8.36. The van der Waals surface area contributed by atoms with Crippen LogP contribution in [0.5, 0.6) is 0 Å². The SMILES string of the molecule is CC1=Cc2ccccc2NC1. The summed E-state index contributed by atoms with van der Waals surface area (Å²) in [6.07, 6.45) is 2.23. The van der Waals surface area contributed by atoms with Crippen LogP contribution < -0.4 is 5.32 Å². The molecule has 1 heteroatoms. The van der Waals surface area contributed by atoms with Gasteiger partial charge in [-0.15, -0.1) is 0 Å². The third-order valence-electron chi connectivity index (χ3n) is 1.92. The molecule has 0 aromatic heterocycles. The van der Waals surface area contributed by atoms with Crippen molar-refractivity contribution in [2.24, 2.45) is 0 Å². The first-order valence-electron chi connectivity index (χ1n) is 3.86. The Balaban J connectivity index is 2.51. The summed E-state index contributed by atoms with van der Waals surface area (Å²) in [6.45, 7) is 3.12. The van der Waals surface area contributed by atoms with E-state index in [-0.39, 0.29) is 0 Å². The molecule has 0 spiro atoms. The Kier molecular flexibility index (Phi) is 1.42. The molecular formula is C10H11N. The van der Waals surface area contributed by atoms with E-state index in [1.165, 1.54) is 16.8 Å². The average Bonchev–Trinajstić information content (AvgIpc) is 2.04. The zero-order valence-electron chi connectivity index (χ0n) is 6.59. The third-order valence-corrected chi connectivity index (χ3v) is 1.92. The molecule has 0 aliphatic carbocycles. The number of hydrogen-bond donors (Lipinski definition) is 1. The maximum atomic E-state index is 3.34. The van der Waals surface area contributed by atoms with Gasteiger partial charge in [-0.2, -0.15) is 0 Å². The highest BCUT2D eigenvalue weighted by molar-refractivity contribution is 5.71.